The molecule has 5 heteroatoms. The van der Waals surface area contributed by atoms with Crippen LogP contribution in [0.15, 0.2) is 29.3 Å². The molecule has 0 aromatic heterocycles. The predicted molar refractivity (Wildman–Crippen MR) is 125 cm³/mol. The molecular formula is C22H35IN4. The van der Waals surface area contributed by atoms with Crippen molar-refractivity contribution >= 4 is 35.6 Å². The van der Waals surface area contributed by atoms with Crippen molar-refractivity contribution in [3.05, 3.63) is 29.8 Å². The van der Waals surface area contributed by atoms with Crippen LogP contribution in [0.25, 0.3) is 0 Å². The van der Waals surface area contributed by atoms with Crippen molar-refractivity contribution in [1.29, 1.82) is 0 Å². The largest absolute Gasteiger partial charge is 0.372 e. The molecule has 1 aromatic rings. The Morgan fingerprint density at radius 1 is 1.26 bits per heavy atom. The normalized spacial score (nSPS) is 22.1. The fourth-order valence-corrected chi connectivity index (χ4v) is 4.36. The Morgan fingerprint density at radius 2 is 2.00 bits per heavy atom. The Balaban J connectivity index is 0.00000210. The summed E-state index contributed by atoms with van der Waals surface area (Å²) in [5.74, 6) is 1.93. The van der Waals surface area contributed by atoms with Gasteiger partial charge in [-0.25, -0.2) is 0 Å². The number of halogens is 1. The molecule has 0 bridgehead atoms. The van der Waals surface area contributed by atoms with E-state index in [0.717, 1.165) is 25.0 Å². The van der Waals surface area contributed by atoms with E-state index in [2.05, 4.69) is 53.6 Å². The molecule has 1 heterocycles. The van der Waals surface area contributed by atoms with Gasteiger partial charge in [-0.3, -0.25) is 4.99 Å². The van der Waals surface area contributed by atoms with Gasteiger partial charge in [0.2, 0.25) is 0 Å². The average Bonchev–Trinajstić information content (AvgIpc) is 3.58. The van der Waals surface area contributed by atoms with Crippen LogP contribution in [0, 0.1) is 11.3 Å². The van der Waals surface area contributed by atoms with E-state index >= 15 is 0 Å². The minimum absolute atomic E-state index is 0. The highest BCUT2D eigenvalue weighted by molar-refractivity contribution is 14.0. The van der Waals surface area contributed by atoms with E-state index in [1.165, 1.54) is 62.9 Å². The second kappa shape index (κ2) is 9.01. The third kappa shape index (κ3) is 5.09. The van der Waals surface area contributed by atoms with Gasteiger partial charge in [-0.05, 0) is 81.4 Å². The Morgan fingerprint density at radius 3 is 2.63 bits per heavy atom. The number of hydrogen-bond acceptors (Lipinski definition) is 2. The molecule has 3 aliphatic rings. The average molecular weight is 482 g/mol. The number of anilines is 1. The lowest BCUT2D eigenvalue weighted by molar-refractivity contribution is 0.452. The molecule has 1 aliphatic heterocycles. The van der Waals surface area contributed by atoms with Crippen molar-refractivity contribution in [2.24, 2.45) is 16.3 Å². The minimum Gasteiger partial charge on any atom is -0.372 e. The molecule has 1 aromatic carbocycles. The van der Waals surface area contributed by atoms with Gasteiger partial charge in [-0.2, -0.15) is 0 Å². The molecular weight excluding hydrogens is 447 g/mol. The number of aliphatic imine (C=N–C) groups is 1. The van der Waals surface area contributed by atoms with Crippen LogP contribution in [0.5, 0.6) is 0 Å². The highest BCUT2D eigenvalue weighted by atomic mass is 127. The summed E-state index contributed by atoms with van der Waals surface area (Å²) in [4.78, 5) is 7.46. The van der Waals surface area contributed by atoms with Crippen LogP contribution in [0.2, 0.25) is 0 Å². The molecule has 4 rings (SSSR count). The SMILES string of the molecule is CCNC(=NCC1(C2CC2)CC1)NC(C)c1cccc(N2CCCC2)c1.I. The summed E-state index contributed by atoms with van der Waals surface area (Å²) in [7, 11) is 0. The van der Waals surface area contributed by atoms with Crippen LogP contribution in [0.1, 0.15) is 64.0 Å². The summed E-state index contributed by atoms with van der Waals surface area (Å²) in [6, 6.07) is 9.27. The molecule has 2 saturated carbocycles. The van der Waals surface area contributed by atoms with Gasteiger partial charge in [0.25, 0.3) is 0 Å². The van der Waals surface area contributed by atoms with Crippen molar-refractivity contribution in [3.63, 3.8) is 0 Å². The van der Waals surface area contributed by atoms with Crippen LogP contribution < -0.4 is 15.5 Å². The van der Waals surface area contributed by atoms with Gasteiger partial charge >= 0.3 is 0 Å². The first-order chi connectivity index (χ1) is 12.7. The molecule has 2 aliphatic carbocycles. The Labute approximate surface area is 181 Å². The number of benzene rings is 1. The van der Waals surface area contributed by atoms with Gasteiger partial charge in [0.15, 0.2) is 5.96 Å². The fourth-order valence-electron chi connectivity index (χ4n) is 4.36. The first-order valence-corrected chi connectivity index (χ1v) is 10.6. The minimum atomic E-state index is 0. The number of hydrogen-bond donors (Lipinski definition) is 2. The monoisotopic (exact) mass is 482 g/mol. The molecule has 2 N–H and O–H groups in total. The summed E-state index contributed by atoms with van der Waals surface area (Å²) in [6.45, 7) is 8.67. The van der Waals surface area contributed by atoms with Gasteiger partial charge < -0.3 is 15.5 Å². The third-order valence-electron chi connectivity index (χ3n) is 6.43. The van der Waals surface area contributed by atoms with Crippen LogP contribution in [-0.2, 0) is 0 Å². The van der Waals surface area contributed by atoms with E-state index in [4.69, 9.17) is 4.99 Å². The quantitative estimate of drug-likeness (QED) is 0.336. The maximum Gasteiger partial charge on any atom is 0.191 e. The molecule has 0 amide bonds. The Bertz CT molecular complexity index is 645. The van der Waals surface area contributed by atoms with Crippen molar-refractivity contribution in [2.45, 2.75) is 58.4 Å². The number of rotatable bonds is 7. The van der Waals surface area contributed by atoms with E-state index in [1.54, 1.807) is 0 Å². The number of nitrogens with one attached hydrogen (secondary N) is 2. The van der Waals surface area contributed by atoms with Gasteiger partial charge in [-0.1, -0.05) is 12.1 Å². The molecule has 1 unspecified atom stereocenters. The van der Waals surface area contributed by atoms with Gasteiger partial charge in [-0.15, -0.1) is 24.0 Å². The number of nitrogens with zero attached hydrogens (tertiary/aromatic N) is 2. The van der Waals surface area contributed by atoms with Crippen molar-refractivity contribution in [1.82, 2.24) is 10.6 Å². The third-order valence-corrected chi connectivity index (χ3v) is 6.43. The van der Waals surface area contributed by atoms with Crippen LogP contribution >= 0.6 is 24.0 Å². The number of guanidine groups is 1. The Kier molecular flexibility index (Phi) is 6.93. The molecule has 0 spiro atoms. The predicted octanol–water partition coefficient (Wildman–Crippen LogP) is 4.71. The lowest BCUT2D eigenvalue weighted by Crippen LogP contribution is -2.39. The molecule has 27 heavy (non-hydrogen) atoms. The van der Waals surface area contributed by atoms with Gasteiger partial charge in [0, 0.05) is 31.9 Å². The first-order valence-electron chi connectivity index (χ1n) is 10.6. The van der Waals surface area contributed by atoms with Crippen LogP contribution in [0.4, 0.5) is 5.69 Å². The molecule has 3 fully saturated rings. The molecule has 0 radical (unpaired) electrons. The zero-order chi connectivity index (χ0) is 18.0. The van der Waals surface area contributed by atoms with Gasteiger partial charge in [0.05, 0.1) is 6.04 Å². The zero-order valence-electron chi connectivity index (χ0n) is 16.8. The van der Waals surface area contributed by atoms with Gasteiger partial charge in [0.1, 0.15) is 0 Å². The summed E-state index contributed by atoms with van der Waals surface area (Å²) in [5, 5.41) is 7.07. The molecule has 1 saturated heterocycles. The zero-order valence-corrected chi connectivity index (χ0v) is 19.2. The summed E-state index contributed by atoms with van der Waals surface area (Å²) in [6.07, 6.45) is 8.26. The van der Waals surface area contributed by atoms with E-state index in [0.29, 0.717) is 5.41 Å². The molecule has 1 atom stereocenters. The first kappa shape index (κ1) is 20.7. The standard InChI is InChI=1S/C22H34N4.HI/c1-3-23-21(24-16-22(11-12-22)19-9-10-19)25-17(2)18-7-6-8-20(15-18)26-13-4-5-14-26;/h6-8,15,17,19H,3-5,9-14,16H2,1-2H3,(H2,23,24,25);1H. The second-order valence-electron chi connectivity index (χ2n) is 8.49. The fraction of sp³-hybridized carbons (Fsp3) is 0.682. The lowest BCUT2D eigenvalue weighted by atomic mass is 10.0. The topological polar surface area (TPSA) is 39.7 Å². The maximum absolute atomic E-state index is 4.96. The summed E-state index contributed by atoms with van der Waals surface area (Å²) in [5.41, 5.74) is 3.26. The maximum atomic E-state index is 4.96. The van der Waals surface area contributed by atoms with E-state index in [1.807, 2.05) is 0 Å². The molecule has 150 valence electrons. The van der Waals surface area contributed by atoms with Crippen LogP contribution in [0.3, 0.4) is 0 Å². The second-order valence-corrected chi connectivity index (χ2v) is 8.49. The Hall–Kier alpha value is -0.980. The smallest absolute Gasteiger partial charge is 0.191 e. The molecule has 4 nitrogen and oxygen atoms in total. The van der Waals surface area contributed by atoms with Crippen molar-refractivity contribution in [2.75, 3.05) is 31.1 Å². The van der Waals surface area contributed by atoms with E-state index in [9.17, 15) is 0 Å². The summed E-state index contributed by atoms with van der Waals surface area (Å²) >= 11 is 0. The summed E-state index contributed by atoms with van der Waals surface area (Å²) < 4.78 is 0. The van der Waals surface area contributed by atoms with E-state index < -0.39 is 0 Å². The highest BCUT2D eigenvalue weighted by Gasteiger charge is 2.53. The lowest BCUT2D eigenvalue weighted by Gasteiger charge is -2.22. The van der Waals surface area contributed by atoms with Crippen LogP contribution in [-0.4, -0.2) is 32.1 Å². The van der Waals surface area contributed by atoms with Crippen molar-refractivity contribution in [3.8, 4) is 0 Å². The van der Waals surface area contributed by atoms with Crippen molar-refractivity contribution < 1.29 is 0 Å². The highest BCUT2D eigenvalue weighted by Crippen LogP contribution is 2.61. The van der Waals surface area contributed by atoms with E-state index in [-0.39, 0.29) is 30.0 Å².